The zero-order valence-corrected chi connectivity index (χ0v) is 11.1. The van der Waals surface area contributed by atoms with Crippen LogP contribution in [0.5, 0.6) is 0 Å². The number of thioether (sulfide) groups is 1. The summed E-state index contributed by atoms with van der Waals surface area (Å²) in [4.78, 5) is 8.71. The quantitative estimate of drug-likeness (QED) is 0.781. The molecule has 0 radical (unpaired) electrons. The molecule has 0 spiro atoms. The molecule has 2 heterocycles. The summed E-state index contributed by atoms with van der Waals surface area (Å²) in [5, 5.41) is 1.33. The highest BCUT2D eigenvalue weighted by Gasteiger charge is 2.17. The summed E-state index contributed by atoms with van der Waals surface area (Å²) < 4.78 is 5.56. The van der Waals surface area contributed by atoms with Gasteiger partial charge in [0.25, 0.3) is 0 Å². The van der Waals surface area contributed by atoms with Crippen molar-refractivity contribution in [2.45, 2.75) is 37.8 Å². The fraction of sp³-hybridized carbons (Fsp3) is 0.636. The minimum Gasteiger partial charge on any atom is -0.377 e. The molecule has 0 bridgehead atoms. The van der Waals surface area contributed by atoms with Gasteiger partial charge < -0.3 is 4.74 Å². The molecular weight excluding hydrogens is 244 g/mol. The molecular formula is C11H15ClN2OS. The third-order valence-electron chi connectivity index (χ3n) is 2.67. The van der Waals surface area contributed by atoms with Crippen LogP contribution in [0.15, 0.2) is 5.03 Å². The second kappa shape index (κ2) is 5.34. The van der Waals surface area contributed by atoms with Crippen LogP contribution >= 0.6 is 23.4 Å². The van der Waals surface area contributed by atoms with Gasteiger partial charge in [-0.05, 0) is 26.7 Å². The molecule has 1 aromatic heterocycles. The Morgan fingerprint density at radius 2 is 2.12 bits per heavy atom. The lowest BCUT2D eigenvalue weighted by Gasteiger charge is -2.09. The summed E-state index contributed by atoms with van der Waals surface area (Å²) in [6.45, 7) is 4.76. The van der Waals surface area contributed by atoms with Gasteiger partial charge in [0, 0.05) is 12.4 Å². The lowest BCUT2D eigenvalue weighted by molar-refractivity contribution is 0.129. The van der Waals surface area contributed by atoms with Gasteiger partial charge in [-0.3, -0.25) is 0 Å². The van der Waals surface area contributed by atoms with E-state index >= 15 is 0 Å². The van der Waals surface area contributed by atoms with Gasteiger partial charge in [0.15, 0.2) is 5.15 Å². The molecule has 5 heteroatoms. The average molecular weight is 259 g/mol. The van der Waals surface area contributed by atoms with E-state index in [-0.39, 0.29) is 0 Å². The van der Waals surface area contributed by atoms with Crippen LogP contribution in [0.1, 0.15) is 24.2 Å². The van der Waals surface area contributed by atoms with Crippen molar-refractivity contribution in [1.29, 1.82) is 0 Å². The lowest BCUT2D eigenvalue weighted by Crippen LogP contribution is -2.08. The van der Waals surface area contributed by atoms with Crippen LogP contribution in [0.2, 0.25) is 5.15 Å². The van der Waals surface area contributed by atoms with E-state index in [4.69, 9.17) is 16.3 Å². The molecule has 1 fully saturated rings. The van der Waals surface area contributed by atoms with Crippen molar-refractivity contribution in [1.82, 2.24) is 9.97 Å². The zero-order chi connectivity index (χ0) is 11.5. The molecule has 16 heavy (non-hydrogen) atoms. The summed E-state index contributed by atoms with van der Waals surface area (Å²) in [6, 6.07) is 0. The Balaban J connectivity index is 2.00. The van der Waals surface area contributed by atoms with Crippen LogP contribution in [0.25, 0.3) is 0 Å². The summed E-state index contributed by atoms with van der Waals surface area (Å²) in [5.41, 5.74) is 1.84. The summed E-state index contributed by atoms with van der Waals surface area (Å²) >= 11 is 7.69. The Labute approximate surface area is 105 Å². The van der Waals surface area contributed by atoms with Gasteiger partial charge in [0.05, 0.1) is 17.5 Å². The number of hydrogen-bond acceptors (Lipinski definition) is 4. The molecule has 1 aliphatic heterocycles. The van der Waals surface area contributed by atoms with Gasteiger partial charge in [-0.25, -0.2) is 9.97 Å². The van der Waals surface area contributed by atoms with Gasteiger partial charge in [0.1, 0.15) is 5.03 Å². The van der Waals surface area contributed by atoms with E-state index in [1.807, 2.05) is 13.8 Å². The summed E-state index contributed by atoms with van der Waals surface area (Å²) in [6.07, 6.45) is 2.66. The van der Waals surface area contributed by atoms with E-state index in [0.717, 1.165) is 41.6 Å². The first-order chi connectivity index (χ1) is 7.66. The van der Waals surface area contributed by atoms with Crippen molar-refractivity contribution < 1.29 is 4.74 Å². The average Bonchev–Trinajstić information content (AvgIpc) is 2.74. The Morgan fingerprint density at radius 1 is 1.38 bits per heavy atom. The maximum atomic E-state index is 6.05. The molecule has 0 saturated carbocycles. The van der Waals surface area contributed by atoms with Gasteiger partial charge in [-0.2, -0.15) is 0 Å². The predicted octanol–water partition coefficient (Wildman–Crippen LogP) is 3.02. The molecule has 1 unspecified atom stereocenters. The SMILES string of the molecule is Cc1nc(Cl)c(SCC2CCCO2)nc1C. The van der Waals surface area contributed by atoms with Gasteiger partial charge in [0.2, 0.25) is 0 Å². The highest BCUT2D eigenvalue weighted by atomic mass is 35.5. The molecule has 0 N–H and O–H groups in total. The third-order valence-corrected chi connectivity index (χ3v) is 4.14. The second-order valence-electron chi connectivity index (χ2n) is 3.94. The van der Waals surface area contributed by atoms with Crippen LogP contribution < -0.4 is 0 Å². The maximum Gasteiger partial charge on any atom is 0.161 e. The lowest BCUT2D eigenvalue weighted by atomic mass is 10.3. The highest BCUT2D eigenvalue weighted by molar-refractivity contribution is 7.99. The normalized spacial score (nSPS) is 20.3. The Kier molecular flexibility index (Phi) is 4.05. The first-order valence-corrected chi connectivity index (χ1v) is 6.78. The molecule has 1 aromatic rings. The highest BCUT2D eigenvalue weighted by Crippen LogP contribution is 2.27. The van der Waals surface area contributed by atoms with Gasteiger partial charge in [-0.1, -0.05) is 11.6 Å². The molecule has 0 amide bonds. The van der Waals surface area contributed by atoms with Crippen LogP contribution in [0, 0.1) is 13.8 Å². The van der Waals surface area contributed by atoms with E-state index in [2.05, 4.69) is 9.97 Å². The third kappa shape index (κ3) is 2.87. The molecule has 1 aliphatic rings. The number of hydrogen-bond donors (Lipinski definition) is 0. The number of aromatic nitrogens is 2. The van der Waals surface area contributed by atoms with Gasteiger partial charge in [-0.15, -0.1) is 11.8 Å². The van der Waals surface area contributed by atoms with E-state index in [0.29, 0.717) is 11.3 Å². The van der Waals surface area contributed by atoms with E-state index in [9.17, 15) is 0 Å². The van der Waals surface area contributed by atoms with E-state index in [1.165, 1.54) is 0 Å². The molecule has 0 aromatic carbocycles. The molecule has 88 valence electrons. The standard InChI is InChI=1S/C11H15ClN2OS/c1-7-8(2)14-11(10(12)13-7)16-6-9-4-3-5-15-9/h9H,3-6H2,1-2H3. The van der Waals surface area contributed by atoms with E-state index < -0.39 is 0 Å². The molecule has 2 rings (SSSR count). The van der Waals surface area contributed by atoms with Crippen molar-refractivity contribution in [3.8, 4) is 0 Å². The zero-order valence-electron chi connectivity index (χ0n) is 9.49. The second-order valence-corrected chi connectivity index (χ2v) is 5.30. The van der Waals surface area contributed by atoms with Crippen LogP contribution in [-0.2, 0) is 4.74 Å². The smallest absolute Gasteiger partial charge is 0.161 e. The van der Waals surface area contributed by atoms with Crippen LogP contribution in [0.4, 0.5) is 0 Å². The van der Waals surface area contributed by atoms with Crippen molar-refractivity contribution >= 4 is 23.4 Å². The number of ether oxygens (including phenoxy) is 1. The van der Waals surface area contributed by atoms with E-state index in [1.54, 1.807) is 11.8 Å². The summed E-state index contributed by atoms with van der Waals surface area (Å²) in [5.74, 6) is 0.914. The molecule has 3 nitrogen and oxygen atoms in total. The fourth-order valence-corrected chi connectivity index (χ4v) is 2.90. The maximum absolute atomic E-state index is 6.05. The topological polar surface area (TPSA) is 35.0 Å². The summed E-state index contributed by atoms with van der Waals surface area (Å²) in [7, 11) is 0. The molecule has 1 atom stereocenters. The monoisotopic (exact) mass is 258 g/mol. The molecule has 1 saturated heterocycles. The van der Waals surface area contributed by atoms with Crippen LogP contribution in [0.3, 0.4) is 0 Å². The van der Waals surface area contributed by atoms with Crippen molar-refractivity contribution in [2.24, 2.45) is 0 Å². The van der Waals surface area contributed by atoms with Crippen LogP contribution in [-0.4, -0.2) is 28.4 Å². The number of aryl methyl sites for hydroxylation is 2. The largest absolute Gasteiger partial charge is 0.377 e. The van der Waals surface area contributed by atoms with Crippen molar-refractivity contribution in [3.05, 3.63) is 16.5 Å². The minimum atomic E-state index is 0.351. The number of nitrogens with zero attached hydrogens (tertiary/aromatic N) is 2. The Bertz CT molecular complexity index is 380. The molecule has 0 aliphatic carbocycles. The first kappa shape index (κ1) is 12.1. The van der Waals surface area contributed by atoms with Gasteiger partial charge >= 0.3 is 0 Å². The van der Waals surface area contributed by atoms with Crippen molar-refractivity contribution in [2.75, 3.05) is 12.4 Å². The fourth-order valence-electron chi connectivity index (χ4n) is 1.59. The number of halogens is 1. The first-order valence-electron chi connectivity index (χ1n) is 5.42. The van der Waals surface area contributed by atoms with Crippen molar-refractivity contribution in [3.63, 3.8) is 0 Å². The Morgan fingerprint density at radius 3 is 2.81 bits per heavy atom. The predicted molar refractivity (Wildman–Crippen MR) is 66.2 cm³/mol. The Hall–Kier alpha value is -0.320. The number of rotatable bonds is 3. The minimum absolute atomic E-state index is 0.351.